The van der Waals surface area contributed by atoms with Gasteiger partial charge in [-0.3, -0.25) is 43.2 Å². The van der Waals surface area contributed by atoms with Gasteiger partial charge >= 0.3 is 5.97 Å². The molecule has 2 heterocycles. The van der Waals surface area contributed by atoms with E-state index < -0.39 is 120 Å². The Morgan fingerprint density at radius 3 is 1.33 bits per heavy atom. The van der Waals surface area contributed by atoms with Gasteiger partial charge in [-0.1, -0.05) is 156 Å². The molecule has 9 amide bonds. The molecule has 2 fully saturated rings. The molecule has 2 aliphatic rings. The predicted octanol–water partition coefficient (Wildman–Crippen LogP) is 3.96. The molecule has 0 saturated carbocycles. The highest BCUT2D eigenvalue weighted by molar-refractivity contribution is 5.99. The third kappa shape index (κ3) is 22.3. The third-order valence-electron chi connectivity index (χ3n) is 15.1. The Bertz CT molecular complexity index is 2450. The van der Waals surface area contributed by atoms with E-state index in [1.807, 2.05) is 73.6 Å². The van der Waals surface area contributed by atoms with E-state index in [1.165, 1.54) is 4.90 Å². The molecule has 2 aromatic rings. The molecule has 0 spiro atoms. The zero-order valence-corrected chi connectivity index (χ0v) is 50.6. The molecule has 2 saturated heterocycles. The summed E-state index contributed by atoms with van der Waals surface area (Å²) in [4.78, 5) is 141. The number of carbonyl (C=O) groups excluding carboxylic acids is 9. The molecule has 2 aromatic carbocycles. The summed E-state index contributed by atoms with van der Waals surface area (Å²) in [7, 11) is 0. The summed E-state index contributed by atoms with van der Waals surface area (Å²) in [5.41, 5.74) is 1.42. The van der Waals surface area contributed by atoms with Crippen molar-refractivity contribution < 1.29 is 53.1 Å². The van der Waals surface area contributed by atoms with Crippen molar-refractivity contribution >= 4 is 59.1 Å². The molecule has 0 radical (unpaired) electrons. The first kappa shape index (κ1) is 68.6. The van der Waals surface area contributed by atoms with Gasteiger partial charge in [-0.2, -0.15) is 0 Å². The van der Waals surface area contributed by atoms with E-state index in [-0.39, 0.29) is 75.2 Å². The van der Waals surface area contributed by atoms with Crippen LogP contribution in [0.1, 0.15) is 157 Å². The van der Waals surface area contributed by atoms with Crippen molar-refractivity contribution in [3.05, 3.63) is 71.8 Å². The second kappa shape index (κ2) is 34.6. The lowest BCUT2D eigenvalue weighted by atomic mass is 9.99. The lowest BCUT2D eigenvalue weighted by Crippen LogP contribution is -2.61. The van der Waals surface area contributed by atoms with Crippen molar-refractivity contribution in [2.45, 2.75) is 220 Å². The van der Waals surface area contributed by atoms with Crippen molar-refractivity contribution in [1.82, 2.24) is 52.8 Å². The van der Waals surface area contributed by atoms with Crippen LogP contribution in [-0.4, -0.2) is 143 Å². The van der Waals surface area contributed by atoms with Crippen LogP contribution in [0.4, 0.5) is 0 Å². The maximum atomic E-state index is 14.9. The standard InChI is InChI=1S/C62H96N10O11/c1-11-13-27-44(64-59(79)51(39(7)8)70-53(73)43-29-21-31-63-43)54(74)66-46(33-37(3)4)56(76)68-48(35-41-23-17-15-18-24-41)61(81)72-32-22-30-50(72)58(78)71-52(40(9)10)60(80)65-45(28-14-12-2)55(75)67-47(34-38(5)6)57(77)69-49(62(82)83)36-42-25-19-16-20-26-42/h15-20,23-26,37-40,43-52,63H,11-14,21-22,27-36H2,1-10H3,(H,64,79)(H,65,80)(H,66,74)(H,67,75)(H,68,76)(H,69,77)(H,70,73)(H,71,78)(H,82,83)/t43-,44-,45-,46-,47-,48+,49+,50-,51-,52-/m0/s1. The smallest absolute Gasteiger partial charge is 0.326 e. The van der Waals surface area contributed by atoms with Crippen LogP contribution in [0.15, 0.2) is 60.7 Å². The quantitative estimate of drug-likeness (QED) is 0.0477. The maximum Gasteiger partial charge on any atom is 0.326 e. The zero-order chi connectivity index (χ0) is 61.3. The molecule has 4 rings (SSSR count). The molecule has 21 nitrogen and oxygen atoms in total. The van der Waals surface area contributed by atoms with E-state index in [0.29, 0.717) is 50.6 Å². The van der Waals surface area contributed by atoms with Crippen LogP contribution in [0.25, 0.3) is 0 Å². The van der Waals surface area contributed by atoms with Crippen molar-refractivity contribution in [2.75, 3.05) is 13.1 Å². The van der Waals surface area contributed by atoms with Crippen LogP contribution >= 0.6 is 0 Å². The number of rotatable bonds is 34. The summed E-state index contributed by atoms with van der Waals surface area (Å²) >= 11 is 0. The Balaban J connectivity index is 1.52. The van der Waals surface area contributed by atoms with E-state index in [1.54, 1.807) is 56.3 Å². The van der Waals surface area contributed by atoms with Gasteiger partial charge in [0.15, 0.2) is 0 Å². The van der Waals surface area contributed by atoms with Gasteiger partial charge < -0.3 is 57.9 Å². The van der Waals surface area contributed by atoms with Gasteiger partial charge in [-0.15, -0.1) is 0 Å². The highest BCUT2D eigenvalue weighted by Crippen LogP contribution is 2.22. The average Bonchev–Trinajstić information content (AvgIpc) is 4.18. The Morgan fingerprint density at radius 2 is 0.916 bits per heavy atom. The minimum Gasteiger partial charge on any atom is -0.480 e. The molecule has 0 unspecified atom stereocenters. The summed E-state index contributed by atoms with van der Waals surface area (Å²) in [5, 5.41) is 35.8. The SMILES string of the molecule is CCCC[C@H](NC(=O)[C@@H](NC(=O)[C@@H]1CCCN1)C(C)C)C(=O)N[C@@H](CC(C)C)C(=O)N[C@H](Cc1ccccc1)C(=O)N1CCC[C@H]1C(=O)N[C@H](C(=O)N[C@@H](CCCC)C(=O)N[C@@H](CC(C)C)C(=O)N[C@H](Cc1ccccc1)C(=O)O)C(C)C. The second-order valence-corrected chi connectivity index (χ2v) is 23.9. The molecule has 0 aromatic heterocycles. The Kier molecular flexibility index (Phi) is 28.6. The van der Waals surface area contributed by atoms with Crippen molar-refractivity contribution in [2.24, 2.45) is 23.7 Å². The number of benzene rings is 2. The number of amides is 9. The molecular weight excluding hydrogens is 1060 g/mol. The number of hydrogen-bond acceptors (Lipinski definition) is 11. The minimum absolute atomic E-state index is 0.0204. The Morgan fingerprint density at radius 1 is 0.506 bits per heavy atom. The van der Waals surface area contributed by atoms with Crippen LogP contribution in [0.3, 0.4) is 0 Å². The van der Waals surface area contributed by atoms with E-state index in [9.17, 15) is 53.1 Å². The lowest BCUT2D eigenvalue weighted by Gasteiger charge is -2.32. The number of nitrogens with zero attached hydrogens (tertiary/aromatic N) is 1. The first-order valence-electron chi connectivity index (χ1n) is 30.2. The third-order valence-corrected chi connectivity index (χ3v) is 15.1. The first-order chi connectivity index (χ1) is 39.4. The molecule has 10 atom stereocenters. The molecule has 83 heavy (non-hydrogen) atoms. The summed E-state index contributed by atoms with van der Waals surface area (Å²) in [6, 6.07) is 7.45. The number of carbonyl (C=O) groups is 10. The molecule has 460 valence electrons. The van der Waals surface area contributed by atoms with Crippen LogP contribution < -0.4 is 47.9 Å². The Labute approximate surface area is 491 Å². The number of unbranched alkanes of at least 4 members (excludes halogenated alkanes) is 2. The number of carboxylic acids is 1. The molecular formula is C62H96N10O11. The Hall–Kier alpha value is -6.90. The molecule has 0 bridgehead atoms. The predicted molar refractivity (Wildman–Crippen MR) is 317 cm³/mol. The number of nitrogens with one attached hydrogen (secondary N) is 9. The first-order valence-corrected chi connectivity index (χ1v) is 30.2. The van der Waals surface area contributed by atoms with Gasteiger partial charge in [0.25, 0.3) is 0 Å². The minimum atomic E-state index is -1.27. The highest BCUT2D eigenvalue weighted by Gasteiger charge is 2.41. The topological polar surface area (TPSA) is 302 Å². The maximum absolute atomic E-state index is 14.9. The number of likely N-dealkylation sites (tertiary alicyclic amines) is 1. The monoisotopic (exact) mass is 1160 g/mol. The average molecular weight is 1160 g/mol. The largest absolute Gasteiger partial charge is 0.480 e. The number of carboxylic acid groups (broad SMARTS) is 1. The van der Waals surface area contributed by atoms with Crippen LogP contribution in [-0.2, 0) is 60.8 Å². The fourth-order valence-corrected chi connectivity index (χ4v) is 10.5. The van der Waals surface area contributed by atoms with E-state index in [0.717, 1.165) is 12.0 Å². The second-order valence-electron chi connectivity index (χ2n) is 23.9. The number of hydrogen-bond donors (Lipinski definition) is 10. The summed E-state index contributed by atoms with van der Waals surface area (Å²) in [6.07, 6.45) is 5.56. The number of aliphatic carboxylic acids is 1. The van der Waals surface area contributed by atoms with Gasteiger partial charge in [0.1, 0.15) is 54.4 Å². The fraction of sp³-hybridized carbons (Fsp3) is 0.645. The summed E-state index contributed by atoms with van der Waals surface area (Å²) in [6.45, 7) is 19.3. The zero-order valence-electron chi connectivity index (χ0n) is 50.6. The summed E-state index contributed by atoms with van der Waals surface area (Å²) in [5.74, 6) is -7.42. The van der Waals surface area contributed by atoms with Crippen molar-refractivity contribution in [3.63, 3.8) is 0 Å². The van der Waals surface area contributed by atoms with Crippen LogP contribution in [0, 0.1) is 23.7 Å². The van der Waals surface area contributed by atoms with E-state index in [4.69, 9.17) is 0 Å². The molecule has 0 aliphatic carbocycles. The molecule has 10 N–H and O–H groups in total. The van der Waals surface area contributed by atoms with E-state index >= 15 is 0 Å². The lowest BCUT2D eigenvalue weighted by molar-refractivity contribution is -0.143. The normalized spacial score (nSPS) is 18.0. The van der Waals surface area contributed by atoms with Gasteiger partial charge in [-0.05, 0) is 92.7 Å². The molecule has 21 heteroatoms. The van der Waals surface area contributed by atoms with Gasteiger partial charge in [0.2, 0.25) is 53.2 Å². The van der Waals surface area contributed by atoms with Crippen LogP contribution in [0.2, 0.25) is 0 Å². The molecule has 2 aliphatic heterocycles. The highest BCUT2D eigenvalue weighted by atomic mass is 16.4. The van der Waals surface area contributed by atoms with Gasteiger partial charge in [0, 0.05) is 19.4 Å². The summed E-state index contributed by atoms with van der Waals surface area (Å²) < 4.78 is 0. The van der Waals surface area contributed by atoms with Gasteiger partial charge in [0.05, 0.1) is 6.04 Å². The van der Waals surface area contributed by atoms with Crippen molar-refractivity contribution in [1.29, 1.82) is 0 Å². The van der Waals surface area contributed by atoms with E-state index in [2.05, 4.69) is 47.9 Å². The fourth-order valence-electron chi connectivity index (χ4n) is 10.5. The van der Waals surface area contributed by atoms with Gasteiger partial charge in [-0.25, -0.2) is 4.79 Å². The van der Waals surface area contributed by atoms with Crippen LogP contribution in [0.5, 0.6) is 0 Å². The van der Waals surface area contributed by atoms with Crippen molar-refractivity contribution in [3.8, 4) is 0 Å².